The highest BCUT2D eigenvalue weighted by molar-refractivity contribution is 5.99. The summed E-state index contributed by atoms with van der Waals surface area (Å²) < 4.78 is 5.23. The fraction of sp³-hybridized carbons (Fsp3) is 0.533. The Morgan fingerprint density at radius 3 is 2.71 bits per heavy atom. The largest absolute Gasteiger partial charge is 0.378 e. The second-order valence-corrected chi connectivity index (χ2v) is 4.98. The minimum Gasteiger partial charge on any atom is -0.378 e. The molecule has 1 fully saturated rings. The number of rotatable bonds is 5. The van der Waals surface area contributed by atoms with Crippen molar-refractivity contribution in [2.45, 2.75) is 19.8 Å². The number of nitrogens with zero attached hydrogens (tertiary/aromatic N) is 2. The van der Waals surface area contributed by atoms with Crippen LogP contribution in [0.2, 0.25) is 0 Å². The molecule has 1 aliphatic heterocycles. The van der Waals surface area contributed by atoms with Gasteiger partial charge in [-0.25, -0.2) is 0 Å². The molecule has 1 aromatic heterocycles. The Morgan fingerprint density at radius 1 is 1.29 bits per heavy atom. The molecule has 0 radical (unpaired) electrons. The summed E-state index contributed by atoms with van der Waals surface area (Å²) in [7, 11) is 0. The predicted molar refractivity (Wildman–Crippen MR) is 78.2 cm³/mol. The van der Waals surface area contributed by atoms with Crippen molar-refractivity contribution in [3.63, 3.8) is 0 Å². The lowest BCUT2D eigenvalue weighted by molar-refractivity contribution is 0.0302. The number of ether oxygens (including phenoxy) is 1. The summed E-state index contributed by atoms with van der Waals surface area (Å²) in [6.07, 6.45) is 4.94. The predicted octanol–water partition coefficient (Wildman–Crippen LogP) is 1.08. The van der Waals surface area contributed by atoms with Gasteiger partial charge in [0, 0.05) is 32.0 Å². The van der Waals surface area contributed by atoms with Gasteiger partial charge in [0.05, 0.1) is 24.3 Å². The number of hydrogen-bond acceptors (Lipinski definition) is 4. The van der Waals surface area contributed by atoms with E-state index in [-0.39, 0.29) is 11.8 Å². The number of morpholine rings is 1. The third kappa shape index (κ3) is 4.26. The highest BCUT2D eigenvalue weighted by atomic mass is 16.5. The van der Waals surface area contributed by atoms with E-state index in [0.29, 0.717) is 44.0 Å². The van der Waals surface area contributed by atoms with Crippen molar-refractivity contribution in [3.05, 3.63) is 29.6 Å². The molecule has 6 nitrogen and oxygen atoms in total. The lowest BCUT2D eigenvalue weighted by Crippen LogP contribution is -2.40. The quantitative estimate of drug-likeness (QED) is 0.824. The third-order valence-electron chi connectivity index (χ3n) is 3.36. The van der Waals surface area contributed by atoms with Crippen LogP contribution < -0.4 is 5.32 Å². The van der Waals surface area contributed by atoms with Gasteiger partial charge in [0.15, 0.2) is 0 Å². The lowest BCUT2D eigenvalue weighted by Gasteiger charge is -2.26. The average molecular weight is 291 g/mol. The molecule has 0 aliphatic carbocycles. The summed E-state index contributed by atoms with van der Waals surface area (Å²) in [6.45, 7) is 4.95. The highest BCUT2D eigenvalue weighted by Crippen LogP contribution is 2.09. The zero-order chi connectivity index (χ0) is 15.1. The summed E-state index contributed by atoms with van der Waals surface area (Å²) in [6, 6.07) is 1.60. The fourth-order valence-electron chi connectivity index (χ4n) is 2.11. The molecule has 1 N–H and O–H groups in total. The van der Waals surface area contributed by atoms with Crippen LogP contribution in [0.3, 0.4) is 0 Å². The van der Waals surface area contributed by atoms with Crippen LogP contribution in [0.1, 0.15) is 40.5 Å². The zero-order valence-electron chi connectivity index (χ0n) is 12.3. The molecule has 2 heterocycles. The van der Waals surface area contributed by atoms with E-state index in [0.717, 1.165) is 12.8 Å². The summed E-state index contributed by atoms with van der Waals surface area (Å²) in [4.78, 5) is 30.0. The molecule has 21 heavy (non-hydrogen) atoms. The van der Waals surface area contributed by atoms with Gasteiger partial charge in [0.2, 0.25) is 0 Å². The molecule has 0 aromatic carbocycles. The zero-order valence-corrected chi connectivity index (χ0v) is 12.3. The number of nitrogens with one attached hydrogen (secondary N) is 1. The van der Waals surface area contributed by atoms with Gasteiger partial charge in [-0.3, -0.25) is 14.6 Å². The topological polar surface area (TPSA) is 71.5 Å². The maximum absolute atomic E-state index is 12.3. The molecule has 2 amide bonds. The van der Waals surface area contributed by atoms with Crippen LogP contribution in [0.25, 0.3) is 0 Å². The second-order valence-electron chi connectivity index (χ2n) is 4.98. The standard InChI is InChI=1S/C15H21N3O3/c1-2-3-4-17-14(19)12-9-13(11-16-10-12)15(20)18-5-7-21-8-6-18/h9-11H,2-8H2,1H3,(H,17,19). The van der Waals surface area contributed by atoms with Crippen LogP contribution in [-0.2, 0) is 4.74 Å². The summed E-state index contributed by atoms with van der Waals surface area (Å²) in [5.41, 5.74) is 0.866. The summed E-state index contributed by atoms with van der Waals surface area (Å²) >= 11 is 0. The molecule has 114 valence electrons. The molecule has 0 saturated carbocycles. The van der Waals surface area contributed by atoms with Gasteiger partial charge < -0.3 is 15.0 Å². The van der Waals surface area contributed by atoms with Gasteiger partial charge >= 0.3 is 0 Å². The van der Waals surface area contributed by atoms with Gasteiger partial charge in [-0.15, -0.1) is 0 Å². The van der Waals surface area contributed by atoms with E-state index < -0.39 is 0 Å². The molecule has 2 rings (SSSR count). The fourth-order valence-corrected chi connectivity index (χ4v) is 2.11. The molecule has 0 unspecified atom stereocenters. The lowest BCUT2D eigenvalue weighted by atomic mass is 10.1. The van der Waals surface area contributed by atoms with E-state index in [1.165, 1.54) is 12.4 Å². The number of pyridine rings is 1. The molecule has 1 aliphatic rings. The van der Waals surface area contributed by atoms with Crippen LogP contribution in [0.4, 0.5) is 0 Å². The molecular formula is C15H21N3O3. The van der Waals surface area contributed by atoms with E-state index in [1.807, 2.05) is 0 Å². The maximum Gasteiger partial charge on any atom is 0.255 e. The van der Waals surface area contributed by atoms with Crippen molar-refractivity contribution in [2.24, 2.45) is 0 Å². The molecular weight excluding hydrogens is 270 g/mol. The molecule has 6 heteroatoms. The Morgan fingerprint density at radius 2 is 2.00 bits per heavy atom. The molecule has 1 aromatic rings. The molecule has 0 atom stereocenters. The number of carbonyl (C=O) groups excluding carboxylic acids is 2. The van der Waals surface area contributed by atoms with Crippen LogP contribution in [0, 0.1) is 0 Å². The van der Waals surface area contributed by atoms with E-state index in [1.54, 1.807) is 11.0 Å². The minimum absolute atomic E-state index is 0.103. The van der Waals surface area contributed by atoms with E-state index in [4.69, 9.17) is 4.74 Å². The molecule has 0 bridgehead atoms. The Bertz CT molecular complexity index is 499. The Balaban J connectivity index is 2.02. The number of amides is 2. The Kier molecular flexibility index (Phi) is 5.68. The monoisotopic (exact) mass is 291 g/mol. The van der Waals surface area contributed by atoms with Crippen LogP contribution in [0.15, 0.2) is 18.5 Å². The summed E-state index contributed by atoms with van der Waals surface area (Å²) in [5.74, 6) is -0.290. The van der Waals surface area contributed by atoms with Gasteiger partial charge in [-0.1, -0.05) is 13.3 Å². The van der Waals surface area contributed by atoms with E-state index in [9.17, 15) is 9.59 Å². The van der Waals surface area contributed by atoms with Crippen molar-refractivity contribution in [2.75, 3.05) is 32.8 Å². The Hall–Kier alpha value is -1.95. The van der Waals surface area contributed by atoms with Crippen molar-refractivity contribution in [1.82, 2.24) is 15.2 Å². The van der Waals surface area contributed by atoms with Gasteiger partial charge in [0.1, 0.15) is 0 Å². The van der Waals surface area contributed by atoms with E-state index >= 15 is 0 Å². The van der Waals surface area contributed by atoms with Crippen molar-refractivity contribution >= 4 is 11.8 Å². The molecule has 1 saturated heterocycles. The minimum atomic E-state index is -0.187. The highest BCUT2D eigenvalue weighted by Gasteiger charge is 2.19. The van der Waals surface area contributed by atoms with E-state index in [2.05, 4.69) is 17.2 Å². The first-order chi connectivity index (χ1) is 10.2. The number of aromatic nitrogens is 1. The van der Waals surface area contributed by atoms with Crippen LogP contribution in [-0.4, -0.2) is 54.5 Å². The maximum atomic E-state index is 12.3. The van der Waals surface area contributed by atoms with Gasteiger partial charge in [-0.05, 0) is 12.5 Å². The van der Waals surface area contributed by atoms with Crippen molar-refractivity contribution < 1.29 is 14.3 Å². The SMILES string of the molecule is CCCCNC(=O)c1cncc(C(=O)N2CCOCC2)c1. The second kappa shape index (κ2) is 7.73. The third-order valence-corrected chi connectivity index (χ3v) is 3.36. The first-order valence-electron chi connectivity index (χ1n) is 7.32. The van der Waals surface area contributed by atoms with Gasteiger partial charge in [-0.2, -0.15) is 0 Å². The van der Waals surface area contributed by atoms with Crippen molar-refractivity contribution in [1.29, 1.82) is 0 Å². The normalized spacial score (nSPS) is 14.8. The molecule has 0 spiro atoms. The summed E-state index contributed by atoms with van der Waals surface area (Å²) in [5, 5.41) is 2.82. The first-order valence-corrected chi connectivity index (χ1v) is 7.32. The number of unbranched alkanes of at least 4 members (excludes halogenated alkanes) is 1. The van der Waals surface area contributed by atoms with Crippen LogP contribution in [0.5, 0.6) is 0 Å². The smallest absolute Gasteiger partial charge is 0.255 e. The van der Waals surface area contributed by atoms with Crippen molar-refractivity contribution in [3.8, 4) is 0 Å². The number of carbonyl (C=O) groups is 2. The number of hydrogen-bond donors (Lipinski definition) is 1. The van der Waals surface area contributed by atoms with Crippen LogP contribution >= 0.6 is 0 Å². The van der Waals surface area contributed by atoms with Gasteiger partial charge in [0.25, 0.3) is 11.8 Å². The Labute approximate surface area is 124 Å². The first kappa shape index (κ1) is 15.4. The average Bonchev–Trinajstić information content (AvgIpc) is 2.55.